The van der Waals surface area contributed by atoms with Crippen molar-refractivity contribution in [1.82, 2.24) is 4.90 Å². The molecule has 1 unspecified atom stereocenters. The molecule has 1 rings (SSSR count). The van der Waals surface area contributed by atoms with Crippen LogP contribution in [0, 0.1) is 6.92 Å². The minimum atomic E-state index is 0.346. The minimum absolute atomic E-state index is 0.346. The molecule has 4 heteroatoms. The first-order valence-corrected chi connectivity index (χ1v) is 6.13. The summed E-state index contributed by atoms with van der Waals surface area (Å²) in [5, 5.41) is 3.48. The second kappa shape index (κ2) is 5.98. The Morgan fingerprint density at radius 1 is 1.47 bits per heavy atom. The average molecular weight is 251 g/mol. The first-order valence-electron chi connectivity index (χ1n) is 5.72. The van der Waals surface area contributed by atoms with E-state index in [9.17, 15) is 0 Å². The zero-order valence-electron chi connectivity index (χ0n) is 10.9. The molecule has 0 bridgehead atoms. The van der Waals surface area contributed by atoms with Crippen LogP contribution in [0.3, 0.4) is 0 Å². The number of nitrogens with one attached hydrogen (secondary N) is 1. The van der Waals surface area contributed by atoms with Gasteiger partial charge in [0.05, 0.1) is 0 Å². The van der Waals surface area contributed by atoms with Gasteiger partial charge in [-0.3, -0.25) is 0 Å². The summed E-state index contributed by atoms with van der Waals surface area (Å²) in [6, 6.07) is 6.34. The van der Waals surface area contributed by atoms with Crippen LogP contribution >= 0.6 is 12.2 Å². The number of thiocarbonyl (C=S) groups is 1. The highest BCUT2D eigenvalue weighted by atomic mass is 32.1. The van der Waals surface area contributed by atoms with Crippen LogP contribution in [0.25, 0.3) is 0 Å². The molecule has 0 amide bonds. The van der Waals surface area contributed by atoms with Gasteiger partial charge in [-0.05, 0) is 39.6 Å². The minimum Gasteiger partial charge on any atom is -0.389 e. The van der Waals surface area contributed by atoms with Gasteiger partial charge in [0, 0.05) is 23.8 Å². The molecule has 0 saturated carbocycles. The van der Waals surface area contributed by atoms with Gasteiger partial charge in [-0.15, -0.1) is 0 Å². The van der Waals surface area contributed by atoms with Crippen LogP contribution in [0.1, 0.15) is 18.1 Å². The topological polar surface area (TPSA) is 41.3 Å². The second-order valence-electron chi connectivity index (χ2n) is 4.67. The highest BCUT2D eigenvalue weighted by Crippen LogP contribution is 2.21. The summed E-state index contributed by atoms with van der Waals surface area (Å²) in [5.41, 5.74) is 8.88. The van der Waals surface area contributed by atoms with Crippen molar-refractivity contribution < 1.29 is 0 Å². The molecule has 94 valence electrons. The van der Waals surface area contributed by atoms with Crippen LogP contribution in [0.15, 0.2) is 18.2 Å². The van der Waals surface area contributed by atoms with E-state index in [0.29, 0.717) is 11.0 Å². The van der Waals surface area contributed by atoms with Crippen molar-refractivity contribution in [2.45, 2.75) is 19.9 Å². The lowest BCUT2D eigenvalue weighted by Crippen LogP contribution is -2.30. The molecule has 0 aliphatic heterocycles. The highest BCUT2D eigenvalue weighted by molar-refractivity contribution is 7.80. The Bertz CT molecular complexity index is 402. The van der Waals surface area contributed by atoms with E-state index in [1.165, 1.54) is 5.56 Å². The van der Waals surface area contributed by atoms with Gasteiger partial charge in [0.25, 0.3) is 0 Å². The number of nitrogens with zero attached hydrogens (tertiary/aromatic N) is 1. The predicted octanol–water partition coefficient (Wildman–Crippen LogP) is 1.99. The molecule has 0 radical (unpaired) electrons. The first-order chi connectivity index (χ1) is 7.91. The molecule has 0 aliphatic rings. The number of anilines is 1. The number of aryl methyl sites for hydroxylation is 1. The van der Waals surface area contributed by atoms with Gasteiger partial charge in [0.2, 0.25) is 0 Å². The molecule has 0 aliphatic carbocycles. The fraction of sp³-hybridized carbons (Fsp3) is 0.462. The van der Waals surface area contributed by atoms with E-state index in [1.54, 1.807) is 0 Å². The summed E-state index contributed by atoms with van der Waals surface area (Å²) in [6.45, 7) is 5.17. The Labute approximate surface area is 109 Å². The van der Waals surface area contributed by atoms with Crippen LogP contribution in [-0.2, 0) is 0 Å². The van der Waals surface area contributed by atoms with Gasteiger partial charge in [0.15, 0.2) is 0 Å². The molecule has 1 atom stereocenters. The lowest BCUT2D eigenvalue weighted by Gasteiger charge is -2.22. The fourth-order valence-corrected chi connectivity index (χ4v) is 2.07. The van der Waals surface area contributed by atoms with E-state index in [2.05, 4.69) is 44.2 Å². The maximum absolute atomic E-state index is 5.74. The van der Waals surface area contributed by atoms with E-state index < -0.39 is 0 Å². The van der Waals surface area contributed by atoms with E-state index in [4.69, 9.17) is 18.0 Å². The first kappa shape index (κ1) is 13.9. The summed E-state index contributed by atoms with van der Waals surface area (Å²) >= 11 is 5.08. The molecule has 3 N–H and O–H groups in total. The fourth-order valence-electron chi connectivity index (χ4n) is 1.90. The standard InChI is InChI=1S/C13H21N3S/c1-9-6-5-7-11(13(14)17)12(9)15-10(2)8-16(3)4/h5-7,10,15H,8H2,1-4H3,(H2,14,17). The normalized spacial score (nSPS) is 12.5. The SMILES string of the molecule is Cc1cccc(C(N)=S)c1NC(C)CN(C)C. The lowest BCUT2D eigenvalue weighted by molar-refractivity contribution is 0.392. The predicted molar refractivity (Wildman–Crippen MR) is 78.7 cm³/mol. The van der Waals surface area contributed by atoms with Gasteiger partial charge in [-0.2, -0.15) is 0 Å². The third-order valence-electron chi connectivity index (χ3n) is 2.57. The van der Waals surface area contributed by atoms with Crippen molar-refractivity contribution in [3.63, 3.8) is 0 Å². The van der Waals surface area contributed by atoms with Crippen molar-refractivity contribution in [1.29, 1.82) is 0 Å². The van der Waals surface area contributed by atoms with Crippen molar-refractivity contribution in [3.05, 3.63) is 29.3 Å². The van der Waals surface area contributed by atoms with E-state index in [1.807, 2.05) is 12.1 Å². The van der Waals surface area contributed by atoms with Gasteiger partial charge >= 0.3 is 0 Å². The molecule has 0 aromatic heterocycles. The zero-order valence-corrected chi connectivity index (χ0v) is 11.8. The number of benzene rings is 1. The Hall–Kier alpha value is -1.13. The quantitative estimate of drug-likeness (QED) is 0.785. The molecule has 1 aromatic carbocycles. The number of nitrogens with two attached hydrogens (primary N) is 1. The number of likely N-dealkylation sites (N-methyl/N-ethyl adjacent to an activating group) is 1. The maximum Gasteiger partial charge on any atom is 0.106 e. The number of hydrogen-bond acceptors (Lipinski definition) is 3. The number of hydrogen-bond donors (Lipinski definition) is 2. The summed E-state index contributed by atoms with van der Waals surface area (Å²) in [4.78, 5) is 2.59. The largest absolute Gasteiger partial charge is 0.389 e. The average Bonchev–Trinajstić information content (AvgIpc) is 2.19. The van der Waals surface area contributed by atoms with Crippen LogP contribution < -0.4 is 11.1 Å². The molecule has 1 aromatic rings. The van der Waals surface area contributed by atoms with Crippen LogP contribution in [-0.4, -0.2) is 36.6 Å². The summed E-state index contributed by atoms with van der Waals surface area (Å²) in [5.74, 6) is 0. The van der Waals surface area contributed by atoms with Gasteiger partial charge < -0.3 is 16.0 Å². The third kappa shape index (κ3) is 3.98. The van der Waals surface area contributed by atoms with Crippen LogP contribution in [0.5, 0.6) is 0 Å². The smallest absolute Gasteiger partial charge is 0.106 e. The van der Waals surface area contributed by atoms with Gasteiger partial charge in [-0.25, -0.2) is 0 Å². The van der Waals surface area contributed by atoms with Crippen LogP contribution in [0.2, 0.25) is 0 Å². The van der Waals surface area contributed by atoms with E-state index in [0.717, 1.165) is 17.8 Å². The van der Waals surface area contributed by atoms with Crippen molar-refractivity contribution in [2.24, 2.45) is 5.73 Å². The van der Waals surface area contributed by atoms with Crippen molar-refractivity contribution in [2.75, 3.05) is 26.0 Å². The summed E-state index contributed by atoms with van der Waals surface area (Å²) in [6.07, 6.45) is 0. The van der Waals surface area contributed by atoms with Crippen molar-refractivity contribution >= 4 is 22.9 Å². The van der Waals surface area contributed by atoms with Crippen molar-refractivity contribution in [3.8, 4) is 0 Å². The second-order valence-corrected chi connectivity index (χ2v) is 5.11. The van der Waals surface area contributed by atoms with E-state index >= 15 is 0 Å². The third-order valence-corrected chi connectivity index (χ3v) is 2.79. The monoisotopic (exact) mass is 251 g/mol. The Morgan fingerprint density at radius 3 is 2.65 bits per heavy atom. The molecule has 0 heterocycles. The van der Waals surface area contributed by atoms with E-state index in [-0.39, 0.29) is 0 Å². The maximum atomic E-state index is 5.74. The Morgan fingerprint density at radius 2 is 2.12 bits per heavy atom. The molecule has 17 heavy (non-hydrogen) atoms. The number of rotatable bonds is 5. The zero-order chi connectivity index (χ0) is 13.0. The molecular formula is C13H21N3S. The molecule has 0 saturated heterocycles. The highest BCUT2D eigenvalue weighted by Gasteiger charge is 2.11. The molecule has 3 nitrogen and oxygen atoms in total. The lowest BCUT2D eigenvalue weighted by atomic mass is 10.1. The summed E-state index contributed by atoms with van der Waals surface area (Å²) in [7, 11) is 4.12. The Balaban J connectivity index is 2.92. The molecule has 0 spiro atoms. The molecular weight excluding hydrogens is 230 g/mol. The van der Waals surface area contributed by atoms with Crippen LogP contribution in [0.4, 0.5) is 5.69 Å². The Kier molecular flexibility index (Phi) is 4.90. The van der Waals surface area contributed by atoms with Gasteiger partial charge in [0.1, 0.15) is 4.99 Å². The molecule has 0 fully saturated rings. The summed E-state index contributed by atoms with van der Waals surface area (Å²) < 4.78 is 0. The number of para-hydroxylation sites is 1. The van der Waals surface area contributed by atoms with Gasteiger partial charge in [-0.1, -0.05) is 24.4 Å².